The monoisotopic (exact) mass is 367 g/mol. The number of carbonyl (C=O) groups is 1. The molecule has 1 N–H and O–H groups in total. The maximum absolute atomic E-state index is 12.8. The fourth-order valence-corrected chi connectivity index (χ4v) is 3.29. The van der Waals surface area contributed by atoms with Gasteiger partial charge in [-0.15, -0.1) is 0 Å². The summed E-state index contributed by atoms with van der Waals surface area (Å²) in [6.07, 6.45) is 5.55. The third kappa shape index (κ3) is 3.86. The summed E-state index contributed by atoms with van der Waals surface area (Å²) < 4.78 is 12.5. The first-order chi connectivity index (χ1) is 13.2. The summed E-state index contributed by atoms with van der Waals surface area (Å²) in [4.78, 5) is 29.4. The van der Waals surface area contributed by atoms with Gasteiger partial charge in [0.1, 0.15) is 17.3 Å². The van der Waals surface area contributed by atoms with E-state index in [1.165, 1.54) is 0 Å². The van der Waals surface area contributed by atoms with Crippen LogP contribution in [0, 0.1) is 0 Å². The number of carbonyl (C=O) groups excluding carboxylic acids is 1. The van der Waals surface area contributed by atoms with Crippen LogP contribution in [0.3, 0.4) is 0 Å². The molecule has 0 fully saturated rings. The summed E-state index contributed by atoms with van der Waals surface area (Å²) in [6.45, 7) is 0.883. The Kier molecular flexibility index (Phi) is 4.91. The van der Waals surface area contributed by atoms with Gasteiger partial charge in [-0.1, -0.05) is 6.42 Å². The number of furan rings is 1. The Bertz CT molecular complexity index is 1010. The van der Waals surface area contributed by atoms with Gasteiger partial charge >= 0.3 is 0 Å². The van der Waals surface area contributed by atoms with Crippen LogP contribution in [0.2, 0.25) is 0 Å². The van der Waals surface area contributed by atoms with Gasteiger partial charge in [0.05, 0.1) is 23.7 Å². The number of nitrogens with one attached hydrogen (secondary N) is 1. The second-order valence-electron chi connectivity index (χ2n) is 6.62. The number of aryl methyl sites for hydroxylation is 1. The molecular weight excluding hydrogens is 346 g/mol. The molecule has 140 valence electrons. The third-order valence-electron chi connectivity index (χ3n) is 4.70. The number of nitrogens with zero attached hydrogens (tertiary/aromatic N) is 2. The second-order valence-corrected chi connectivity index (χ2v) is 6.62. The minimum atomic E-state index is -0.261. The van der Waals surface area contributed by atoms with Gasteiger partial charge in [0.25, 0.3) is 11.5 Å². The Hall–Kier alpha value is -3.09. The molecule has 1 aliphatic rings. The molecule has 4 rings (SSSR count). The number of amides is 1. The van der Waals surface area contributed by atoms with E-state index >= 15 is 0 Å². The van der Waals surface area contributed by atoms with Crippen molar-refractivity contribution in [3.63, 3.8) is 0 Å². The highest BCUT2D eigenvalue weighted by atomic mass is 16.5. The van der Waals surface area contributed by atoms with E-state index in [1.807, 2.05) is 0 Å². The molecule has 2 aromatic heterocycles. The van der Waals surface area contributed by atoms with Crippen LogP contribution in [-0.2, 0) is 24.3 Å². The van der Waals surface area contributed by atoms with Gasteiger partial charge in [0, 0.05) is 13.0 Å². The highest BCUT2D eigenvalue weighted by Crippen LogP contribution is 2.19. The van der Waals surface area contributed by atoms with Crippen molar-refractivity contribution in [2.75, 3.05) is 6.61 Å². The lowest BCUT2D eigenvalue weighted by Gasteiger charge is -2.11. The molecule has 7 heteroatoms. The molecular formula is C20H21N3O4. The van der Waals surface area contributed by atoms with Crippen LogP contribution in [0.4, 0.5) is 0 Å². The largest absolute Gasteiger partial charge is 0.484 e. The first-order valence-electron chi connectivity index (χ1n) is 9.16. The van der Waals surface area contributed by atoms with Crippen LogP contribution in [0.5, 0.6) is 5.75 Å². The molecule has 1 aliphatic heterocycles. The van der Waals surface area contributed by atoms with Gasteiger partial charge in [0.15, 0.2) is 6.61 Å². The first-order valence-corrected chi connectivity index (χ1v) is 9.16. The maximum atomic E-state index is 12.8. The van der Waals surface area contributed by atoms with Crippen molar-refractivity contribution in [3.05, 3.63) is 58.5 Å². The first kappa shape index (κ1) is 17.3. The van der Waals surface area contributed by atoms with E-state index in [4.69, 9.17) is 9.15 Å². The molecule has 7 nitrogen and oxygen atoms in total. The van der Waals surface area contributed by atoms with Crippen molar-refractivity contribution >= 4 is 16.8 Å². The molecule has 27 heavy (non-hydrogen) atoms. The van der Waals surface area contributed by atoms with Crippen molar-refractivity contribution in [1.82, 2.24) is 14.9 Å². The molecule has 1 amide bonds. The van der Waals surface area contributed by atoms with E-state index in [2.05, 4.69) is 10.3 Å². The normalized spacial score (nSPS) is 13.8. The van der Waals surface area contributed by atoms with Gasteiger partial charge in [-0.2, -0.15) is 0 Å². The summed E-state index contributed by atoms with van der Waals surface area (Å²) in [5.74, 6) is 1.75. The van der Waals surface area contributed by atoms with Gasteiger partial charge < -0.3 is 14.5 Å². The summed E-state index contributed by atoms with van der Waals surface area (Å²) in [5, 5.41) is 3.24. The minimum absolute atomic E-state index is 0.0374. The van der Waals surface area contributed by atoms with E-state index in [1.54, 1.807) is 41.2 Å². The molecule has 0 bridgehead atoms. The fraction of sp³-hybridized carbons (Fsp3) is 0.350. The van der Waals surface area contributed by atoms with Crippen LogP contribution < -0.4 is 15.6 Å². The summed E-state index contributed by atoms with van der Waals surface area (Å²) in [6, 6.07) is 8.73. The number of aromatic nitrogens is 2. The van der Waals surface area contributed by atoms with Crippen LogP contribution in [0.15, 0.2) is 45.8 Å². The average molecular weight is 367 g/mol. The number of ether oxygens (including phenoxy) is 1. The van der Waals surface area contributed by atoms with E-state index in [0.717, 1.165) is 31.5 Å². The van der Waals surface area contributed by atoms with Crippen LogP contribution in [0.1, 0.15) is 30.8 Å². The zero-order chi connectivity index (χ0) is 18.6. The SMILES string of the molecule is O=C(COc1ccc2nc3n(c(=O)c2c1)CCCCC3)NCc1ccco1. The molecule has 3 heterocycles. The van der Waals surface area contributed by atoms with Crippen molar-refractivity contribution in [1.29, 1.82) is 0 Å². The van der Waals surface area contributed by atoms with Crippen molar-refractivity contribution in [2.24, 2.45) is 0 Å². The Balaban J connectivity index is 1.47. The van der Waals surface area contributed by atoms with Crippen LogP contribution >= 0.6 is 0 Å². The minimum Gasteiger partial charge on any atom is -0.484 e. The van der Waals surface area contributed by atoms with Crippen LogP contribution in [0.25, 0.3) is 10.9 Å². The molecule has 0 spiro atoms. The smallest absolute Gasteiger partial charge is 0.261 e. The number of hydrogen-bond acceptors (Lipinski definition) is 5. The van der Waals surface area contributed by atoms with Gasteiger partial charge in [-0.05, 0) is 43.2 Å². The Labute approximate surface area is 156 Å². The number of hydrogen-bond donors (Lipinski definition) is 1. The zero-order valence-corrected chi connectivity index (χ0v) is 14.9. The van der Waals surface area contributed by atoms with Gasteiger partial charge in [-0.3, -0.25) is 14.2 Å². The topological polar surface area (TPSA) is 86.4 Å². The average Bonchev–Trinajstić information content (AvgIpc) is 3.09. The lowest BCUT2D eigenvalue weighted by molar-refractivity contribution is -0.123. The lowest BCUT2D eigenvalue weighted by atomic mass is 10.2. The zero-order valence-electron chi connectivity index (χ0n) is 14.9. The molecule has 1 aromatic carbocycles. The molecule has 0 aliphatic carbocycles. The highest BCUT2D eigenvalue weighted by Gasteiger charge is 2.14. The van der Waals surface area contributed by atoms with Crippen molar-refractivity contribution < 1.29 is 13.9 Å². The Morgan fingerprint density at radius 1 is 1.26 bits per heavy atom. The maximum Gasteiger partial charge on any atom is 0.261 e. The molecule has 0 unspecified atom stereocenters. The molecule has 0 atom stereocenters. The number of benzene rings is 1. The Morgan fingerprint density at radius 2 is 2.19 bits per heavy atom. The quantitative estimate of drug-likeness (QED) is 0.748. The number of rotatable bonds is 5. The third-order valence-corrected chi connectivity index (χ3v) is 4.70. The predicted octanol–water partition coefficient (Wildman–Crippen LogP) is 2.41. The predicted molar refractivity (Wildman–Crippen MR) is 99.6 cm³/mol. The number of fused-ring (bicyclic) bond motifs is 2. The fourth-order valence-electron chi connectivity index (χ4n) is 3.29. The summed E-state index contributed by atoms with van der Waals surface area (Å²) >= 11 is 0. The van der Waals surface area contributed by atoms with Crippen molar-refractivity contribution in [2.45, 2.75) is 38.8 Å². The summed E-state index contributed by atoms with van der Waals surface area (Å²) in [5.41, 5.74) is 0.632. The summed E-state index contributed by atoms with van der Waals surface area (Å²) in [7, 11) is 0. The second kappa shape index (κ2) is 7.65. The highest BCUT2D eigenvalue weighted by molar-refractivity contribution is 5.80. The molecule has 0 saturated carbocycles. The van der Waals surface area contributed by atoms with Crippen LogP contribution in [-0.4, -0.2) is 22.1 Å². The lowest BCUT2D eigenvalue weighted by Crippen LogP contribution is -2.28. The molecule has 0 saturated heterocycles. The van der Waals surface area contributed by atoms with E-state index < -0.39 is 0 Å². The van der Waals surface area contributed by atoms with E-state index in [-0.39, 0.29) is 18.1 Å². The van der Waals surface area contributed by atoms with Gasteiger partial charge in [-0.25, -0.2) is 4.98 Å². The van der Waals surface area contributed by atoms with E-state index in [9.17, 15) is 9.59 Å². The molecule has 0 radical (unpaired) electrons. The van der Waals surface area contributed by atoms with Crippen molar-refractivity contribution in [3.8, 4) is 5.75 Å². The standard InChI is InChI=1S/C20H21N3O4/c24-19(21-12-15-5-4-10-26-15)13-27-14-7-8-17-16(11-14)20(25)23-9-3-1-2-6-18(23)22-17/h4-5,7-8,10-11H,1-3,6,9,12-13H2,(H,21,24). The van der Waals surface area contributed by atoms with Gasteiger partial charge in [0.2, 0.25) is 0 Å². The Morgan fingerprint density at radius 3 is 3.04 bits per heavy atom. The molecule has 3 aromatic rings. The van der Waals surface area contributed by atoms with E-state index in [0.29, 0.717) is 35.5 Å².